The Morgan fingerprint density at radius 3 is 2.93 bits per heavy atom. The van der Waals surface area contributed by atoms with Crippen LogP contribution in [0.15, 0.2) is 42.7 Å². The molecule has 0 unspecified atom stereocenters. The minimum atomic E-state index is -1.16. The van der Waals surface area contributed by atoms with Crippen LogP contribution in [0.1, 0.15) is 23.7 Å². The first-order valence-electron chi connectivity index (χ1n) is 8.44. The molecule has 2 heterocycles. The number of carbonyl (C=O) groups is 1. The van der Waals surface area contributed by atoms with Gasteiger partial charge in [-0.2, -0.15) is 0 Å². The lowest BCUT2D eigenvalue weighted by Gasteiger charge is -2.31. The summed E-state index contributed by atoms with van der Waals surface area (Å²) in [6, 6.07) is 7.73. The molecule has 1 aliphatic heterocycles. The molecule has 3 rings (SSSR count). The van der Waals surface area contributed by atoms with Crippen molar-refractivity contribution in [3.63, 3.8) is 0 Å². The van der Waals surface area contributed by atoms with Gasteiger partial charge in [-0.3, -0.25) is 15.1 Å². The lowest BCUT2D eigenvalue weighted by atomic mass is 10.0. The third-order valence-electron chi connectivity index (χ3n) is 4.44. The number of nitro groups is 1. The smallest absolute Gasteiger partial charge is 0.407 e. The summed E-state index contributed by atoms with van der Waals surface area (Å²) < 4.78 is 5.81. The van der Waals surface area contributed by atoms with Crippen LogP contribution in [-0.4, -0.2) is 50.3 Å². The molecule has 0 spiro atoms. The lowest BCUT2D eigenvalue weighted by Crippen LogP contribution is -2.42. The molecule has 9 nitrogen and oxygen atoms in total. The number of aliphatic hydroxyl groups excluding tert-OH is 1. The molecule has 0 radical (unpaired) electrons. The number of benzene rings is 1. The number of pyridine rings is 1. The maximum absolute atomic E-state index is 11.6. The molecule has 1 aromatic heterocycles. The van der Waals surface area contributed by atoms with E-state index >= 15 is 0 Å². The van der Waals surface area contributed by atoms with Gasteiger partial charge in [-0.05, 0) is 25.0 Å². The fourth-order valence-electron chi connectivity index (χ4n) is 3.04. The Labute approximate surface area is 155 Å². The number of ether oxygens (including phenoxy) is 1. The fourth-order valence-corrected chi connectivity index (χ4v) is 3.04. The van der Waals surface area contributed by atoms with Crippen molar-refractivity contribution in [1.82, 2.24) is 9.88 Å². The quantitative estimate of drug-likeness (QED) is 0.588. The molecule has 2 N–H and O–H groups in total. The van der Waals surface area contributed by atoms with Crippen molar-refractivity contribution in [2.75, 3.05) is 13.1 Å². The summed E-state index contributed by atoms with van der Waals surface area (Å²) in [5.41, 5.74) is 1.27. The molecule has 0 aliphatic carbocycles. The maximum atomic E-state index is 11.6. The van der Waals surface area contributed by atoms with Crippen molar-refractivity contribution in [3.8, 4) is 5.75 Å². The zero-order chi connectivity index (χ0) is 19.4. The normalized spacial score (nSPS) is 16.7. The summed E-state index contributed by atoms with van der Waals surface area (Å²) in [4.78, 5) is 27.0. The molecular formula is C18H19N3O6. The standard InChI is InChI=1S/C18H19N3O6/c22-16(13-2-1-7-19-9-13)11-20(18(23)24)10-15-5-3-12-8-14(21(25)26)4-6-17(12)27-15/h1-2,4,6-9,15-16,22H,3,5,10-11H2,(H,23,24)/t15-,16+/m1/s1. The third kappa shape index (κ3) is 4.50. The number of hydrogen-bond donors (Lipinski definition) is 2. The number of rotatable bonds is 6. The summed E-state index contributed by atoms with van der Waals surface area (Å²) in [5.74, 6) is 0.523. The Balaban J connectivity index is 1.65. The van der Waals surface area contributed by atoms with E-state index in [4.69, 9.17) is 4.74 Å². The van der Waals surface area contributed by atoms with Gasteiger partial charge in [0.1, 0.15) is 11.9 Å². The highest BCUT2D eigenvalue weighted by molar-refractivity contribution is 5.65. The second kappa shape index (κ2) is 8.00. The lowest BCUT2D eigenvalue weighted by molar-refractivity contribution is -0.385. The Hall–Kier alpha value is -3.20. The predicted molar refractivity (Wildman–Crippen MR) is 94.6 cm³/mol. The van der Waals surface area contributed by atoms with Crippen molar-refractivity contribution in [2.24, 2.45) is 0 Å². The Morgan fingerprint density at radius 2 is 2.26 bits per heavy atom. The van der Waals surface area contributed by atoms with E-state index in [1.165, 1.54) is 24.4 Å². The van der Waals surface area contributed by atoms with E-state index in [-0.39, 0.29) is 18.8 Å². The summed E-state index contributed by atoms with van der Waals surface area (Å²) in [5, 5.41) is 30.6. The molecule has 2 atom stereocenters. The van der Waals surface area contributed by atoms with Crippen molar-refractivity contribution in [2.45, 2.75) is 25.0 Å². The average molecular weight is 373 g/mol. The first kappa shape index (κ1) is 18.6. The van der Waals surface area contributed by atoms with Crippen molar-refractivity contribution < 1.29 is 24.7 Å². The number of carboxylic acid groups (broad SMARTS) is 1. The molecule has 0 saturated heterocycles. The largest absolute Gasteiger partial charge is 0.488 e. The monoisotopic (exact) mass is 373 g/mol. The number of nitrogens with zero attached hydrogens (tertiary/aromatic N) is 3. The van der Waals surface area contributed by atoms with Crippen molar-refractivity contribution >= 4 is 11.8 Å². The van der Waals surface area contributed by atoms with Gasteiger partial charge in [0.05, 0.1) is 24.1 Å². The number of aryl methyl sites for hydroxylation is 1. The van der Waals surface area contributed by atoms with Gasteiger partial charge in [-0.1, -0.05) is 6.07 Å². The van der Waals surface area contributed by atoms with Crippen LogP contribution in [0.3, 0.4) is 0 Å². The summed E-state index contributed by atoms with van der Waals surface area (Å²) in [6.07, 6.45) is 1.61. The highest BCUT2D eigenvalue weighted by Gasteiger charge is 2.27. The average Bonchev–Trinajstić information content (AvgIpc) is 2.67. The summed E-state index contributed by atoms with van der Waals surface area (Å²) >= 11 is 0. The molecule has 142 valence electrons. The van der Waals surface area contributed by atoms with Gasteiger partial charge in [-0.25, -0.2) is 4.79 Å². The van der Waals surface area contributed by atoms with Crippen LogP contribution in [0.2, 0.25) is 0 Å². The van der Waals surface area contributed by atoms with Crippen molar-refractivity contribution in [3.05, 3.63) is 64.0 Å². The van der Waals surface area contributed by atoms with Crippen LogP contribution in [-0.2, 0) is 6.42 Å². The van der Waals surface area contributed by atoms with Gasteiger partial charge < -0.3 is 19.8 Å². The SMILES string of the molecule is O=C(O)N(C[C@H]1CCc2cc([N+](=O)[O-])ccc2O1)C[C@H](O)c1cccnc1. The molecule has 0 saturated carbocycles. The molecular weight excluding hydrogens is 354 g/mol. The number of hydrogen-bond acceptors (Lipinski definition) is 6. The fraction of sp³-hybridized carbons (Fsp3) is 0.333. The number of non-ortho nitro benzene ring substituents is 1. The maximum Gasteiger partial charge on any atom is 0.407 e. The van der Waals surface area contributed by atoms with E-state index in [1.807, 2.05) is 0 Å². The minimum Gasteiger partial charge on any atom is -0.488 e. The molecule has 0 fully saturated rings. The molecule has 1 aliphatic rings. The molecule has 27 heavy (non-hydrogen) atoms. The van der Waals surface area contributed by atoms with Gasteiger partial charge in [0.2, 0.25) is 0 Å². The third-order valence-corrected chi connectivity index (χ3v) is 4.44. The van der Waals surface area contributed by atoms with Gasteiger partial charge in [-0.15, -0.1) is 0 Å². The molecule has 0 bridgehead atoms. The number of fused-ring (bicyclic) bond motifs is 1. The van der Waals surface area contributed by atoms with Gasteiger partial charge in [0.15, 0.2) is 0 Å². The van der Waals surface area contributed by atoms with Crippen LogP contribution in [0.4, 0.5) is 10.5 Å². The van der Waals surface area contributed by atoms with Crippen LogP contribution in [0, 0.1) is 10.1 Å². The number of nitro benzene ring substituents is 1. The van der Waals surface area contributed by atoms with Crippen LogP contribution < -0.4 is 4.74 Å². The number of aliphatic hydroxyl groups is 1. The van der Waals surface area contributed by atoms with Crippen LogP contribution in [0.5, 0.6) is 5.75 Å². The van der Waals surface area contributed by atoms with E-state index in [9.17, 15) is 25.1 Å². The first-order chi connectivity index (χ1) is 12.9. The van der Waals surface area contributed by atoms with Crippen LogP contribution >= 0.6 is 0 Å². The van der Waals surface area contributed by atoms with Gasteiger partial charge in [0.25, 0.3) is 5.69 Å². The van der Waals surface area contributed by atoms with E-state index in [0.29, 0.717) is 24.2 Å². The van der Waals surface area contributed by atoms with E-state index in [1.54, 1.807) is 18.3 Å². The van der Waals surface area contributed by atoms with Gasteiger partial charge >= 0.3 is 6.09 Å². The predicted octanol–water partition coefficient (Wildman–Crippen LogP) is 2.40. The van der Waals surface area contributed by atoms with Gasteiger partial charge in [0, 0.05) is 35.7 Å². The summed E-state index contributed by atoms with van der Waals surface area (Å²) in [7, 11) is 0. The molecule has 9 heteroatoms. The Bertz CT molecular complexity index is 829. The van der Waals surface area contributed by atoms with Crippen LogP contribution in [0.25, 0.3) is 0 Å². The molecule has 1 amide bonds. The minimum absolute atomic E-state index is 0.00237. The highest BCUT2D eigenvalue weighted by Crippen LogP contribution is 2.31. The second-order valence-electron chi connectivity index (χ2n) is 6.32. The van der Waals surface area contributed by atoms with E-state index < -0.39 is 23.2 Å². The Kier molecular flexibility index (Phi) is 5.51. The Morgan fingerprint density at radius 1 is 1.44 bits per heavy atom. The van der Waals surface area contributed by atoms with Crippen molar-refractivity contribution in [1.29, 1.82) is 0 Å². The highest BCUT2D eigenvalue weighted by atomic mass is 16.6. The molecule has 2 aromatic rings. The zero-order valence-electron chi connectivity index (χ0n) is 14.4. The second-order valence-corrected chi connectivity index (χ2v) is 6.32. The molecule has 1 aromatic carbocycles. The van der Waals surface area contributed by atoms with E-state index in [0.717, 1.165) is 10.5 Å². The number of aromatic nitrogens is 1. The summed E-state index contributed by atoms with van der Waals surface area (Å²) in [6.45, 7) is -0.0168. The van der Waals surface area contributed by atoms with E-state index in [2.05, 4.69) is 4.98 Å². The first-order valence-corrected chi connectivity index (χ1v) is 8.44. The zero-order valence-corrected chi connectivity index (χ0v) is 14.4. The number of amides is 1. The topological polar surface area (TPSA) is 126 Å².